The topological polar surface area (TPSA) is 63.8 Å². The molecular formula is C16H14N2O3S. The first kappa shape index (κ1) is 14.5. The lowest BCUT2D eigenvalue weighted by Gasteiger charge is -2.02. The molecule has 1 N–H and O–H groups in total. The maximum absolute atomic E-state index is 11.9. The minimum absolute atomic E-state index is 0.175. The lowest BCUT2D eigenvalue weighted by Crippen LogP contribution is -2.19. The number of rotatable bonds is 4. The smallest absolute Gasteiger partial charge is 0.264 e. The summed E-state index contributed by atoms with van der Waals surface area (Å²) in [5.74, 6) is 1.26. The summed E-state index contributed by atoms with van der Waals surface area (Å²) in [5, 5.41) is 3.29. The number of furan rings is 1. The Morgan fingerprint density at radius 2 is 2.14 bits per heavy atom. The summed E-state index contributed by atoms with van der Waals surface area (Å²) < 4.78 is 10.6. The fourth-order valence-electron chi connectivity index (χ4n) is 1.88. The SMILES string of the molecule is CCOc1ccc(N=C2NC(=O)/C(=C/c3ccco3)S2)cc1. The van der Waals surface area contributed by atoms with E-state index < -0.39 is 0 Å². The highest BCUT2D eigenvalue weighted by Crippen LogP contribution is 2.28. The van der Waals surface area contributed by atoms with E-state index in [1.165, 1.54) is 11.8 Å². The second-order valence-corrected chi connectivity index (χ2v) is 5.45. The van der Waals surface area contributed by atoms with Crippen LogP contribution in [0.15, 0.2) is 57.0 Å². The van der Waals surface area contributed by atoms with Gasteiger partial charge in [-0.25, -0.2) is 4.99 Å². The summed E-state index contributed by atoms with van der Waals surface area (Å²) in [7, 11) is 0. The van der Waals surface area contributed by atoms with Crippen molar-refractivity contribution in [2.24, 2.45) is 4.99 Å². The Morgan fingerprint density at radius 1 is 1.32 bits per heavy atom. The van der Waals surface area contributed by atoms with Gasteiger partial charge in [-0.05, 0) is 55.1 Å². The Labute approximate surface area is 132 Å². The Bertz CT molecular complexity index is 718. The predicted molar refractivity (Wildman–Crippen MR) is 87.1 cm³/mol. The van der Waals surface area contributed by atoms with Gasteiger partial charge in [0.25, 0.3) is 5.91 Å². The van der Waals surface area contributed by atoms with Gasteiger partial charge in [-0.3, -0.25) is 4.79 Å². The lowest BCUT2D eigenvalue weighted by atomic mass is 10.3. The van der Waals surface area contributed by atoms with Crippen molar-refractivity contribution < 1.29 is 13.9 Å². The minimum Gasteiger partial charge on any atom is -0.494 e. The highest BCUT2D eigenvalue weighted by Gasteiger charge is 2.24. The van der Waals surface area contributed by atoms with Gasteiger partial charge in [-0.15, -0.1) is 0 Å². The van der Waals surface area contributed by atoms with Gasteiger partial charge in [0.1, 0.15) is 11.5 Å². The number of benzene rings is 1. The molecule has 1 aliphatic heterocycles. The molecule has 0 unspecified atom stereocenters. The first-order chi connectivity index (χ1) is 10.7. The summed E-state index contributed by atoms with van der Waals surface area (Å²) in [4.78, 5) is 16.9. The van der Waals surface area contributed by atoms with Crippen LogP contribution in [0.2, 0.25) is 0 Å². The van der Waals surface area contributed by atoms with E-state index in [2.05, 4.69) is 10.3 Å². The van der Waals surface area contributed by atoms with E-state index in [9.17, 15) is 4.79 Å². The van der Waals surface area contributed by atoms with Crippen molar-refractivity contribution in [3.05, 3.63) is 53.3 Å². The zero-order valence-corrected chi connectivity index (χ0v) is 12.7. The van der Waals surface area contributed by atoms with E-state index in [1.807, 2.05) is 31.2 Å². The van der Waals surface area contributed by atoms with Gasteiger partial charge in [-0.2, -0.15) is 0 Å². The van der Waals surface area contributed by atoms with Crippen molar-refractivity contribution in [3.8, 4) is 5.75 Å². The lowest BCUT2D eigenvalue weighted by molar-refractivity contribution is -0.115. The number of nitrogens with zero attached hydrogens (tertiary/aromatic N) is 1. The number of carbonyl (C=O) groups excluding carboxylic acids is 1. The summed E-state index contributed by atoms with van der Waals surface area (Å²) in [6.07, 6.45) is 3.26. The van der Waals surface area contributed by atoms with E-state index in [1.54, 1.807) is 24.5 Å². The van der Waals surface area contributed by atoms with Crippen LogP contribution in [0.3, 0.4) is 0 Å². The highest BCUT2D eigenvalue weighted by atomic mass is 32.2. The average molecular weight is 314 g/mol. The Hall–Kier alpha value is -2.47. The molecular weight excluding hydrogens is 300 g/mol. The number of nitrogens with one attached hydrogen (secondary N) is 1. The van der Waals surface area contributed by atoms with Crippen LogP contribution < -0.4 is 10.1 Å². The number of amides is 1. The van der Waals surface area contributed by atoms with Crippen LogP contribution in [-0.2, 0) is 4.79 Å². The first-order valence-electron chi connectivity index (χ1n) is 6.80. The zero-order chi connectivity index (χ0) is 15.4. The van der Waals surface area contributed by atoms with E-state index >= 15 is 0 Å². The van der Waals surface area contributed by atoms with Crippen molar-refractivity contribution in [2.45, 2.75) is 6.92 Å². The summed E-state index contributed by atoms with van der Waals surface area (Å²) in [5.41, 5.74) is 0.755. The van der Waals surface area contributed by atoms with Gasteiger partial charge in [0.2, 0.25) is 0 Å². The molecule has 6 heteroatoms. The molecule has 112 valence electrons. The molecule has 1 aromatic heterocycles. The molecule has 0 spiro atoms. The average Bonchev–Trinajstić information content (AvgIpc) is 3.13. The largest absolute Gasteiger partial charge is 0.494 e. The Balaban J connectivity index is 1.74. The first-order valence-corrected chi connectivity index (χ1v) is 7.62. The third-order valence-electron chi connectivity index (χ3n) is 2.85. The molecule has 0 bridgehead atoms. The van der Waals surface area contributed by atoms with Gasteiger partial charge in [0, 0.05) is 6.08 Å². The van der Waals surface area contributed by atoms with Gasteiger partial charge in [0.05, 0.1) is 23.5 Å². The van der Waals surface area contributed by atoms with Crippen molar-refractivity contribution in [1.29, 1.82) is 0 Å². The van der Waals surface area contributed by atoms with Crippen LogP contribution in [0.5, 0.6) is 5.75 Å². The quantitative estimate of drug-likeness (QED) is 0.876. The predicted octanol–water partition coefficient (Wildman–Crippen LogP) is 3.57. The Kier molecular flexibility index (Phi) is 4.29. The molecule has 0 saturated carbocycles. The van der Waals surface area contributed by atoms with Crippen molar-refractivity contribution >= 4 is 34.6 Å². The van der Waals surface area contributed by atoms with E-state index in [-0.39, 0.29) is 5.91 Å². The number of carbonyl (C=O) groups is 1. The third kappa shape index (κ3) is 3.40. The fraction of sp³-hybridized carbons (Fsp3) is 0.125. The maximum atomic E-state index is 11.9. The van der Waals surface area contributed by atoms with E-state index in [4.69, 9.17) is 9.15 Å². The van der Waals surface area contributed by atoms with Gasteiger partial charge in [0.15, 0.2) is 5.17 Å². The minimum atomic E-state index is -0.175. The fourth-order valence-corrected chi connectivity index (χ4v) is 2.71. The number of ether oxygens (including phenoxy) is 1. The van der Waals surface area contributed by atoms with Crippen molar-refractivity contribution in [1.82, 2.24) is 5.32 Å². The normalized spacial score (nSPS) is 18.0. The molecule has 1 fully saturated rings. The summed E-state index contributed by atoms with van der Waals surface area (Å²) in [6.45, 7) is 2.56. The maximum Gasteiger partial charge on any atom is 0.264 e. The molecule has 0 aliphatic carbocycles. The number of hydrogen-bond donors (Lipinski definition) is 1. The van der Waals surface area contributed by atoms with Gasteiger partial charge < -0.3 is 14.5 Å². The molecule has 2 aromatic rings. The third-order valence-corrected chi connectivity index (χ3v) is 3.76. The number of hydrogen-bond acceptors (Lipinski definition) is 5. The number of thioether (sulfide) groups is 1. The summed E-state index contributed by atoms with van der Waals surface area (Å²) >= 11 is 1.29. The van der Waals surface area contributed by atoms with Gasteiger partial charge in [-0.1, -0.05) is 0 Å². The van der Waals surface area contributed by atoms with Crippen LogP contribution in [0.4, 0.5) is 5.69 Å². The van der Waals surface area contributed by atoms with E-state index in [0.717, 1.165) is 11.4 Å². The molecule has 1 aliphatic rings. The highest BCUT2D eigenvalue weighted by molar-refractivity contribution is 8.18. The molecule has 3 rings (SSSR count). The molecule has 0 radical (unpaired) electrons. The molecule has 1 amide bonds. The Morgan fingerprint density at radius 3 is 2.82 bits per heavy atom. The van der Waals surface area contributed by atoms with Crippen LogP contribution in [0, 0.1) is 0 Å². The van der Waals surface area contributed by atoms with Crippen LogP contribution in [0.1, 0.15) is 12.7 Å². The van der Waals surface area contributed by atoms with Gasteiger partial charge >= 0.3 is 0 Å². The van der Waals surface area contributed by atoms with Crippen molar-refractivity contribution in [2.75, 3.05) is 6.61 Å². The van der Waals surface area contributed by atoms with Crippen LogP contribution in [0.25, 0.3) is 6.08 Å². The molecule has 2 heterocycles. The summed E-state index contributed by atoms with van der Waals surface area (Å²) in [6, 6.07) is 11.0. The zero-order valence-electron chi connectivity index (χ0n) is 11.9. The molecule has 22 heavy (non-hydrogen) atoms. The standard InChI is InChI=1S/C16H14N2O3S/c1-2-20-12-7-5-11(6-8-12)17-16-18-15(19)14(22-16)10-13-4-3-9-21-13/h3-10H,2H2,1H3,(H,17,18,19)/b14-10-. The van der Waals surface area contributed by atoms with Crippen LogP contribution >= 0.6 is 11.8 Å². The van der Waals surface area contributed by atoms with Crippen molar-refractivity contribution in [3.63, 3.8) is 0 Å². The molecule has 5 nitrogen and oxygen atoms in total. The number of aliphatic imine (C=N–C) groups is 1. The number of amidine groups is 1. The monoisotopic (exact) mass is 314 g/mol. The van der Waals surface area contributed by atoms with E-state index in [0.29, 0.717) is 22.4 Å². The molecule has 1 saturated heterocycles. The second-order valence-electron chi connectivity index (χ2n) is 4.42. The molecule has 0 atom stereocenters. The molecule has 1 aromatic carbocycles. The second kappa shape index (κ2) is 6.53. The van der Waals surface area contributed by atoms with Crippen LogP contribution in [-0.4, -0.2) is 17.7 Å².